The first-order chi connectivity index (χ1) is 31.0. The lowest BCUT2D eigenvalue weighted by Gasteiger charge is -2.24. The summed E-state index contributed by atoms with van der Waals surface area (Å²) < 4.78 is 5.93. The number of carbonyl (C=O) groups excluding carboxylic acids is 2. The van der Waals surface area contributed by atoms with Crippen LogP contribution in [0.4, 0.5) is 0 Å². The Kier molecular flexibility index (Phi) is 50.0. The number of allylic oxidation sites excluding steroid dienone is 4. The summed E-state index contributed by atoms with van der Waals surface area (Å²) in [6.45, 7) is 6.50. The van der Waals surface area contributed by atoms with Crippen LogP contribution in [0.5, 0.6) is 0 Å². The van der Waals surface area contributed by atoms with Crippen molar-refractivity contribution in [3.8, 4) is 0 Å². The highest BCUT2D eigenvalue weighted by Crippen LogP contribution is 2.18. The van der Waals surface area contributed by atoms with Crippen molar-refractivity contribution >= 4 is 11.9 Å². The van der Waals surface area contributed by atoms with Crippen molar-refractivity contribution in [2.45, 2.75) is 322 Å². The van der Waals surface area contributed by atoms with Crippen LogP contribution < -0.4 is 5.32 Å². The molecule has 63 heavy (non-hydrogen) atoms. The van der Waals surface area contributed by atoms with Crippen molar-refractivity contribution in [3.63, 3.8) is 0 Å². The molecule has 6 heteroatoms. The van der Waals surface area contributed by atoms with Gasteiger partial charge in [0.05, 0.1) is 25.2 Å². The molecule has 3 unspecified atom stereocenters. The Morgan fingerprint density at radius 3 is 1.16 bits per heavy atom. The molecule has 6 nitrogen and oxygen atoms in total. The average Bonchev–Trinajstić information content (AvgIpc) is 3.28. The number of carbonyl (C=O) groups is 2. The van der Waals surface area contributed by atoms with Gasteiger partial charge in [0.1, 0.15) is 6.10 Å². The molecule has 0 aromatic rings. The van der Waals surface area contributed by atoms with E-state index in [9.17, 15) is 19.8 Å². The zero-order valence-corrected chi connectivity index (χ0v) is 42.5. The first kappa shape index (κ1) is 61.3. The van der Waals surface area contributed by atoms with Gasteiger partial charge in [0.15, 0.2) is 0 Å². The van der Waals surface area contributed by atoms with E-state index in [4.69, 9.17) is 4.74 Å². The number of amides is 1. The highest BCUT2D eigenvalue weighted by atomic mass is 16.5. The van der Waals surface area contributed by atoms with E-state index in [-0.39, 0.29) is 24.9 Å². The minimum atomic E-state index is -0.793. The lowest BCUT2D eigenvalue weighted by molar-refractivity contribution is -0.151. The standard InChI is InChI=1S/C57H109NO5/c1-4-7-10-13-16-19-22-25-27-29-31-34-37-40-43-46-49-55(60)54(52-59)58-56(61)51-53(48-45-42-39-36-33-24-21-18-15-12-9-6-3)63-57(62)50-47-44-41-38-35-32-30-28-26-23-20-17-14-11-8-5-2/h28,30,36,39,53-55,59-60H,4-27,29,31-35,37-38,40-52H2,1-3H3,(H,58,61)/b30-28+,39-36-. The number of aliphatic hydroxyl groups is 2. The SMILES string of the molecule is CCCCCCCCC/C=C\CCCC(CC(=O)NC(CO)C(O)CCCCCCCCCCCCCCCCCC)OC(=O)CCCCCCC/C=C/CCCCCCCCC. The summed E-state index contributed by atoms with van der Waals surface area (Å²) in [5, 5.41) is 23.8. The normalized spacial score (nSPS) is 13.3. The molecule has 0 saturated carbocycles. The monoisotopic (exact) mass is 888 g/mol. The summed E-state index contributed by atoms with van der Waals surface area (Å²) in [6, 6.07) is -0.708. The van der Waals surface area contributed by atoms with Crippen LogP contribution in [0.25, 0.3) is 0 Å². The van der Waals surface area contributed by atoms with E-state index < -0.39 is 18.2 Å². The van der Waals surface area contributed by atoms with E-state index in [1.54, 1.807) is 0 Å². The van der Waals surface area contributed by atoms with E-state index in [1.807, 2.05) is 0 Å². The number of esters is 1. The van der Waals surface area contributed by atoms with Crippen LogP contribution in [0.1, 0.15) is 303 Å². The van der Waals surface area contributed by atoms with E-state index >= 15 is 0 Å². The highest BCUT2D eigenvalue weighted by Gasteiger charge is 2.24. The van der Waals surface area contributed by atoms with Gasteiger partial charge in [-0.25, -0.2) is 0 Å². The summed E-state index contributed by atoms with van der Waals surface area (Å²) in [5.41, 5.74) is 0. The van der Waals surface area contributed by atoms with E-state index in [2.05, 4.69) is 50.4 Å². The molecular formula is C57H109NO5. The number of nitrogens with one attached hydrogen (secondary N) is 1. The first-order valence-electron chi connectivity index (χ1n) is 28.1. The van der Waals surface area contributed by atoms with Crippen LogP contribution in [0.3, 0.4) is 0 Å². The van der Waals surface area contributed by atoms with Crippen LogP contribution in [0, 0.1) is 0 Å². The fraction of sp³-hybridized carbons (Fsp3) is 0.895. The van der Waals surface area contributed by atoms with Gasteiger partial charge in [-0.1, -0.05) is 244 Å². The molecule has 0 rings (SSSR count). The van der Waals surface area contributed by atoms with Crippen LogP contribution in [0.15, 0.2) is 24.3 Å². The largest absolute Gasteiger partial charge is 0.462 e. The molecular weight excluding hydrogens is 779 g/mol. The number of aliphatic hydroxyl groups excluding tert-OH is 2. The van der Waals surface area contributed by atoms with Crippen LogP contribution >= 0.6 is 0 Å². The van der Waals surface area contributed by atoms with Crippen molar-refractivity contribution in [1.29, 1.82) is 0 Å². The van der Waals surface area contributed by atoms with Crippen LogP contribution in [-0.4, -0.2) is 46.9 Å². The number of unbranched alkanes of at least 4 members (excludes halogenated alkanes) is 35. The second-order valence-electron chi connectivity index (χ2n) is 19.3. The Bertz CT molecular complexity index is 997. The minimum absolute atomic E-state index is 0.0578. The van der Waals surface area contributed by atoms with Gasteiger partial charge in [0, 0.05) is 6.42 Å². The predicted octanol–water partition coefficient (Wildman–Crippen LogP) is 17.1. The van der Waals surface area contributed by atoms with Gasteiger partial charge in [0.2, 0.25) is 5.91 Å². The second kappa shape index (κ2) is 51.3. The molecule has 0 bridgehead atoms. The number of hydrogen-bond donors (Lipinski definition) is 3. The Hall–Kier alpha value is -1.66. The summed E-state index contributed by atoms with van der Waals surface area (Å²) in [7, 11) is 0. The second-order valence-corrected chi connectivity index (χ2v) is 19.3. The molecule has 0 aromatic carbocycles. The molecule has 0 radical (unpaired) electrons. The van der Waals surface area contributed by atoms with E-state index in [0.717, 1.165) is 57.8 Å². The maximum absolute atomic E-state index is 13.2. The molecule has 0 fully saturated rings. The zero-order chi connectivity index (χ0) is 45.9. The Morgan fingerprint density at radius 2 is 0.778 bits per heavy atom. The summed E-state index contributed by atoms with van der Waals surface area (Å²) in [4.78, 5) is 26.2. The highest BCUT2D eigenvalue weighted by molar-refractivity contribution is 5.77. The third-order valence-corrected chi connectivity index (χ3v) is 13.0. The van der Waals surface area contributed by atoms with Gasteiger partial charge in [-0.2, -0.15) is 0 Å². The maximum Gasteiger partial charge on any atom is 0.306 e. The molecule has 3 atom stereocenters. The molecule has 0 aliphatic carbocycles. The smallest absolute Gasteiger partial charge is 0.306 e. The third kappa shape index (κ3) is 46.7. The van der Waals surface area contributed by atoms with Crippen LogP contribution in [0.2, 0.25) is 0 Å². The molecule has 0 spiro atoms. The lowest BCUT2D eigenvalue weighted by Crippen LogP contribution is -2.46. The van der Waals surface area contributed by atoms with Gasteiger partial charge in [0.25, 0.3) is 0 Å². The number of ether oxygens (including phenoxy) is 1. The number of rotatable bonds is 51. The lowest BCUT2D eigenvalue weighted by atomic mass is 10.0. The predicted molar refractivity (Wildman–Crippen MR) is 273 cm³/mol. The molecule has 372 valence electrons. The van der Waals surface area contributed by atoms with Gasteiger partial charge in [-0.05, 0) is 70.6 Å². The van der Waals surface area contributed by atoms with Gasteiger partial charge in [-0.3, -0.25) is 9.59 Å². The number of hydrogen-bond acceptors (Lipinski definition) is 5. The van der Waals surface area contributed by atoms with E-state index in [1.165, 1.54) is 199 Å². The van der Waals surface area contributed by atoms with E-state index in [0.29, 0.717) is 19.3 Å². The molecule has 3 N–H and O–H groups in total. The molecule has 0 saturated heterocycles. The first-order valence-corrected chi connectivity index (χ1v) is 28.1. The quantitative estimate of drug-likeness (QED) is 0.0321. The molecule has 0 aliphatic rings. The van der Waals surface area contributed by atoms with Crippen molar-refractivity contribution in [3.05, 3.63) is 24.3 Å². The summed E-state index contributed by atoms with van der Waals surface area (Å²) in [5.74, 6) is -0.498. The van der Waals surface area contributed by atoms with Crippen molar-refractivity contribution in [2.75, 3.05) is 6.61 Å². The van der Waals surface area contributed by atoms with Gasteiger partial charge in [-0.15, -0.1) is 0 Å². The van der Waals surface area contributed by atoms with Crippen molar-refractivity contribution in [2.24, 2.45) is 0 Å². The fourth-order valence-corrected chi connectivity index (χ4v) is 8.72. The van der Waals surface area contributed by atoms with Gasteiger partial charge < -0.3 is 20.3 Å². The zero-order valence-electron chi connectivity index (χ0n) is 42.5. The maximum atomic E-state index is 13.2. The summed E-state index contributed by atoms with van der Waals surface area (Å²) in [6.07, 6.45) is 59.6. The fourth-order valence-electron chi connectivity index (χ4n) is 8.72. The Labute approximate surface area is 392 Å². The molecule has 1 amide bonds. The molecule has 0 aliphatic heterocycles. The molecule has 0 aromatic heterocycles. The van der Waals surface area contributed by atoms with Crippen LogP contribution in [-0.2, 0) is 14.3 Å². The average molecular weight is 889 g/mol. The van der Waals surface area contributed by atoms with Gasteiger partial charge >= 0.3 is 5.97 Å². The Balaban J connectivity index is 4.51. The topological polar surface area (TPSA) is 95.9 Å². The summed E-state index contributed by atoms with van der Waals surface area (Å²) >= 11 is 0. The Morgan fingerprint density at radius 1 is 0.444 bits per heavy atom. The third-order valence-electron chi connectivity index (χ3n) is 13.0. The molecule has 0 heterocycles. The van der Waals surface area contributed by atoms with Crippen molar-refractivity contribution in [1.82, 2.24) is 5.32 Å². The minimum Gasteiger partial charge on any atom is -0.462 e. The van der Waals surface area contributed by atoms with Crippen molar-refractivity contribution < 1.29 is 24.5 Å².